The lowest BCUT2D eigenvalue weighted by Crippen LogP contribution is -2.69. The fourth-order valence-electron chi connectivity index (χ4n) is 13.2. The maximum atomic E-state index is 13.7. The molecule has 4 aliphatic carbocycles. The molecule has 54 heavy (non-hydrogen) atoms. The van der Waals surface area contributed by atoms with Crippen molar-refractivity contribution in [3.8, 4) is 0 Å². The minimum absolute atomic E-state index is 0.0433. The van der Waals surface area contributed by atoms with Gasteiger partial charge in [0.15, 0.2) is 0 Å². The molecule has 1 saturated heterocycles. The molecule has 1 aliphatic heterocycles. The molecule has 2 bridgehead atoms. The first kappa shape index (κ1) is 41.3. The molecule has 1 unspecified atom stereocenters. The first-order chi connectivity index (χ1) is 25.0. The lowest BCUT2D eigenvalue weighted by molar-refractivity contribution is -0.255. The van der Waals surface area contributed by atoms with Gasteiger partial charge in [-0.2, -0.15) is 5.10 Å². The standard InChI is InChI=1S/C44H73N5O5/c1-26(2)29(7)39(8)19-20-41(10)30-15-16-33-40(9)22-53-24-44(33,31(30)17-18-42(41,11)34(39)38(51)52)21-32(35(40)54-23-43(12,27(3)4)48(13)14)49-36(45-25-46-49)37(50)47-28(5)6/h17,25-30,32-35H,15-16,18-24H2,1-14H3,(H,47,50)(H,51,52)/t29-,30+,32-,33+,34-,35+,39-,40+,41-,42+,43+,44?/m1/s1. The number of nitrogens with zero attached hydrogens (tertiary/aromatic N) is 4. The summed E-state index contributed by atoms with van der Waals surface area (Å²) in [6.07, 6.45) is 9.19. The second-order valence-corrected chi connectivity index (χ2v) is 20.9. The van der Waals surface area contributed by atoms with Crippen LogP contribution in [0.15, 0.2) is 18.0 Å². The number of carbonyl (C=O) groups excluding carboxylic acids is 1. The van der Waals surface area contributed by atoms with Crippen molar-refractivity contribution in [3.63, 3.8) is 0 Å². The van der Waals surface area contributed by atoms with Crippen LogP contribution in [0.25, 0.3) is 0 Å². The summed E-state index contributed by atoms with van der Waals surface area (Å²) in [6.45, 7) is 28.6. The number of rotatable bonds is 11. The molecule has 5 aliphatic rings. The number of carboxylic acid groups (broad SMARTS) is 1. The summed E-state index contributed by atoms with van der Waals surface area (Å²) in [7, 11) is 4.25. The first-order valence-electron chi connectivity index (χ1n) is 21.1. The number of carboxylic acids is 1. The summed E-state index contributed by atoms with van der Waals surface area (Å²) >= 11 is 0. The number of nitrogens with one attached hydrogen (secondary N) is 1. The Labute approximate surface area is 326 Å². The van der Waals surface area contributed by atoms with Gasteiger partial charge in [-0.05, 0) is 119 Å². The van der Waals surface area contributed by atoms with Crippen LogP contribution in [0, 0.1) is 62.6 Å². The van der Waals surface area contributed by atoms with E-state index in [9.17, 15) is 14.7 Å². The minimum Gasteiger partial charge on any atom is -0.481 e. The molecule has 0 aromatic carbocycles. The van der Waals surface area contributed by atoms with Crippen LogP contribution in [0.3, 0.4) is 0 Å². The number of amides is 1. The highest BCUT2D eigenvalue weighted by Gasteiger charge is 2.72. The zero-order valence-electron chi connectivity index (χ0n) is 36.1. The van der Waals surface area contributed by atoms with E-state index in [1.165, 1.54) is 11.9 Å². The number of carbonyl (C=O) groups is 2. The quantitative estimate of drug-likeness (QED) is 0.219. The number of fused-ring (bicyclic) bond motifs is 3. The third kappa shape index (κ3) is 5.87. The maximum Gasteiger partial charge on any atom is 0.307 e. The third-order valence-electron chi connectivity index (χ3n) is 17.4. The monoisotopic (exact) mass is 752 g/mol. The van der Waals surface area contributed by atoms with E-state index < -0.39 is 17.3 Å². The molecule has 1 aromatic heterocycles. The lowest BCUT2D eigenvalue weighted by atomic mass is 9.34. The molecule has 4 fully saturated rings. The molecule has 0 radical (unpaired) electrons. The molecule has 2 N–H and O–H groups in total. The van der Waals surface area contributed by atoms with Crippen molar-refractivity contribution in [1.82, 2.24) is 25.0 Å². The summed E-state index contributed by atoms with van der Waals surface area (Å²) < 4.78 is 16.0. The predicted octanol–water partition coefficient (Wildman–Crippen LogP) is 7.91. The van der Waals surface area contributed by atoms with E-state index in [1.807, 2.05) is 18.5 Å². The van der Waals surface area contributed by atoms with Crippen LogP contribution in [0.2, 0.25) is 0 Å². The lowest BCUT2D eigenvalue weighted by Gasteiger charge is -2.71. The number of likely N-dealkylation sites (N-methyl/N-ethyl adjacent to an activating group) is 1. The van der Waals surface area contributed by atoms with Gasteiger partial charge in [0.2, 0.25) is 5.82 Å². The van der Waals surface area contributed by atoms with Gasteiger partial charge in [-0.3, -0.25) is 9.59 Å². The van der Waals surface area contributed by atoms with Gasteiger partial charge in [-0.1, -0.05) is 74.0 Å². The highest BCUT2D eigenvalue weighted by Crippen LogP contribution is 2.75. The SMILES string of the molecule is CC(C)NC(=O)c1ncnn1[C@@H]1CC23COC[C@@](C)([C@@H]2CC[C@H]2C3=CC[C@@]3(C)[C@H](C(=O)O)[C@@](C)([C@H](C)C(C)C)CC[C@]23C)[C@H]1OC[C@@](C)(C(C)C)N(C)C. The summed E-state index contributed by atoms with van der Waals surface area (Å²) in [5.74, 6) is 0.598. The van der Waals surface area contributed by atoms with Crippen molar-refractivity contribution >= 4 is 11.9 Å². The molecule has 10 heteroatoms. The number of aromatic nitrogens is 3. The van der Waals surface area contributed by atoms with Crippen LogP contribution in [-0.4, -0.2) is 88.2 Å². The van der Waals surface area contributed by atoms with Gasteiger partial charge in [-0.25, -0.2) is 9.67 Å². The topological polar surface area (TPSA) is 119 Å². The molecule has 3 saturated carbocycles. The maximum absolute atomic E-state index is 13.7. The summed E-state index contributed by atoms with van der Waals surface area (Å²) in [6, 6.07) is -0.295. The zero-order chi connectivity index (χ0) is 40.0. The minimum atomic E-state index is -0.641. The predicted molar refractivity (Wildman–Crippen MR) is 212 cm³/mol. The van der Waals surface area contributed by atoms with Crippen LogP contribution in [0.1, 0.15) is 138 Å². The number of hydrogen-bond donors (Lipinski definition) is 2. The van der Waals surface area contributed by atoms with Crippen LogP contribution >= 0.6 is 0 Å². The Hall–Kier alpha value is -2.30. The van der Waals surface area contributed by atoms with Crippen LogP contribution < -0.4 is 5.32 Å². The van der Waals surface area contributed by atoms with Crippen LogP contribution in [-0.2, 0) is 14.3 Å². The fourth-order valence-corrected chi connectivity index (χ4v) is 13.2. The molecular formula is C44H73N5O5. The highest BCUT2D eigenvalue weighted by molar-refractivity contribution is 5.90. The van der Waals surface area contributed by atoms with Gasteiger partial charge in [0, 0.05) is 22.4 Å². The molecular weight excluding hydrogens is 679 g/mol. The normalized spacial score (nSPS) is 40.8. The van der Waals surface area contributed by atoms with Crippen molar-refractivity contribution in [2.75, 3.05) is 33.9 Å². The molecule has 1 aromatic rings. The number of allylic oxidation sites excluding steroid dienone is 1. The molecule has 12 atom stereocenters. The van der Waals surface area contributed by atoms with Crippen LogP contribution in [0.5, 0.6) is 0 Å². The molecule has 304 valence electrons. The fraction of sp³-hybridized carbons (Fsp3) is 0.864. The summed E-state index contributed by atoms with van der Waals surface area (Å²) in [5.41, 5.74) is -0.282. The zero-order valence-corrected chi connectivity index (χ0v) is 36.1. The molecule has 1 amide bonds. The van der Waals surface area contributed by atoms with E-state index in [1.54, 1.807) is 0 Å². The largest absolute Gasteiger partial charge is 0.481 e. The van der Waals surface area contributed by atoms with E-state index in [4.69, 9.17) is 14.6 Å². The summed E-state index contributed by atoms with van der Waals surface area (Å²) in [5, 5.41) is 19.0. The van der Waals surface area contributed by atoms with E-state index >= 15 is 0 Å². The Kier molecular flexibility index (Phi) is 10.7. The molecule has 2 heterocycles. The second-order valence-electron chi connectivity index (χ2n) is 20.9. The van der Waals surface area contributed by atoms with Crippen LogP contribution in [0.4, 0.5) is 0 Å². The van der Waals surface area contributed by atoms with E-state index in [0.717, 1.165) is 38.5 Å². The van der Waals surface area contributed by atoms with Gasteiger partial charge in [0.1, 0.15) is 6.33 Å². The smallest absolute Gasteiger partial charge is 0.307 e. The first-order valence-corrected chi connectivity index (χ1v) is 21.1. The number of aliphatic carboxylic acids is 1. The molecule has 0 spiro atoms. The Morgan fingerprint density at radius 1 is 1.06 bits per heavy atom. The van der Waals surface area contributed by atoms with Crippen molar-refractivity contribution in [3.05, 3.63) is 23.8 Å². The van der Waals surface area contributed by atoms with Gasteiger partial charge in [-0.15, -0.1) is 0 Å². The van der Waals surface area contributed by atoms with E-state index in [0.29, 0.717) is 43.4 Å². The number of ether oxygens (including phenoxy) is 2. The Morgan fingerprint density at radius 2 is 1.74 bits per heavy atom. The van der Waals surface area contributed by atoms with E-state index in [2.05, 4.69) is 105 Å². The average Bonchev–Trinajstić information content (AvgIpc) is 3.57. The second kappa shape index (κ2) is 14.0. The average molecular weight is 752 g/mol. The highest BCUT2D eigenvalue weighted by atomic mass is 16.5. The van der Waals surface area contributed by atoms with Crippen molar-refractivity contribution in [2.45, 2.75) is 145 Å². The molecule has 10 nitrogen and oxygen atoms in total. The van der Waals surface area contributed by atoms with Gasteiger partial charge < -0.3 is 24.8 Å². The summed E-state index contributed by atoms with van der Waals surface area (Å²) in [4.78, 5) is 34.1. The Balaban J connectivity index is 1.48. The third-order valence-corrected chi connectivity index (χ3v) is 17.4. The van der Waals surface area contributed by atoms with Crippen molar-refractivity contribution in [1.29, 1.82) is 0 Å². The Morgan fingerprint density at radius 3 is 2.33 bits per heavy atom. The van der Waals surface area contributed by atoms with Crippen molar-refractivity contribution in [2.24, 2.45) is 62.6 Å². The number of hydrogen-bond acceptors (Lipinski definition) is 7. The molecule has 6 rings (SSSR count). The van der Waals surface area contributed by atoms with Crippen molar-refractivity contribution < 1.29 is 24.2 Å². The van der Waals surface area contributed by atoms with Gasteiger partial charge in [0.25, 0.3) is 5.91 Å². The van der Waals surface area contributed by atoms with E-state index in [-0.39, 0.29) is 63.1 Å². The van der Waals surface area contributed by atoms with Gasteiger partial charge in [0.05, 0.1) is 37.9 Å². The Bertz CT molecular complexity index is 1610. The van der Waals surface area contributed by atoms with Gasteiger partial charge >= 0.3 is 5.97 Å².